The second-order valence-corrected chi connectivity index (χ2v) is 4.18. The highest BCUT2D eigenvalue weighted by molar-refractivity contribution is 5.94. The van der Waals surface area contributed by atoms with E-state index in [1.165, 1.54) is 0 Å². The Labute approximate surface area is 88.8 Å². The zero-order chi connectivity index (χ0) is 11.0. The number of nitrogens with zero attached hydrogens (tertiary/aromatic N) is 3. The number of amides is 1. The molecule has 82 valence electrons. The molecule has 5 heteroatoms. The van der Waals surface area contributed by atoms with Crippen molar-refractivity contribution >= 4 is 5.91 Å². The summed E-state index contributed by atoms with van der Waals surface area (Å²) in [4.78, 5) is 13.4. The Balaban J connectivity index is 2.34. The molecular formula is C10H16N4O. The Morgan fingerprint density at radius 2 is 2.40 bits per heavy atom. The largest absolute Gasteiger partial charge is 0.345 e. The van der Waals surface area contributed by atoms with Crippen LogP contribution in [0.2, 0.25) is 0 Å². The van der Waals surface area contributed by atoms with Crippen LogP contribution >= 0.6 is 0 Å². The molecule has 0 spiro atoms. The second-order valence-electron chi connectivity index (χ2n) is 4.18. The smallest absolute Gasteiger partial charge is 0.256 e. The van der Waals surface area contributed by atoms with E-state index in [9.17, 15) is 4.79 Å². The molecule has 0 aliphatic carbocycles. The molecule has 2 N–H and O–H groups in total. The van der Waals surface area contributed by atoms with Gasteiger partial charge in [0.05, 0.1) is 17.5 Å². The van der Waals surface area contributed by atoms with Gasteiger partial charge in [-0.05, 0) is 6.42 Å². The van der Waals surface area contributed by atoms with Gasteiger partial charge in [0.15, 0.2) is 0 Å². The summed E-state index contributed by atoms with van der Waals surface area (Å²) in [6.45, 7) is 0.817. The van der Waals surface area contributed by atoms with Gasteiger partial charge in [-0.2, -0.15) is 5.10 Å². The lowest BCUT2D eigenvalue weighted by Gasteiger charge is -2.21. The molecule has 1 unspecified atom stereocenters. The van der Waals surface area contributed by atoms with Crippen LogP contribution in [-0.4, -0.2) is 40.7 Å². The lowest BCUT2D eigenvalue weighted by Crippen LogP contribution is -2.32. The van der Waals surface area contributed by atoms with Crippen molar-refractivity contribution in [2.75, 3.05) is 14.1 Å². The quantitative estimate of drug-likeness (QED) is 0.698. The highest BCUT2D eigenvalue weighted by Crippen LogP contribution is 2.18. The number of carbonyl (C=O) groups excluding carboxylic acids is 1. The van der Waals surface area contributed by atoms with Crippen LogP contribution in [0.25, 0.3) is 0 Å². The van der Waals surface area contributed by atoms with Crippen molar-refractivity contribution in [3.05, 3.63) is 17.5 Å². The van der Waals surface area contributed by atoms with Crippen LogP contribution < -0.4 is 5.73 Å². The Bertz CT molecular complexity index is 383. The van der Waals surface area contributed by atoms with E-state index in [2.05, 4.69) is 5.10 Å². The fraction of sp³-hybridized carbons (Fsp3) is 0.600. The maximum absolute atomic E-state index is 11.8. The Morgan fingerprint density at radius 1 is 1.67 bits per heavy atom. The lowest BCUT2D eigenvalue weighted by molar-refractivity contribution is 0.0826. The topological polar surface area (TPSA) is 64.2 Å². The van der Waals surface area contributed by atoms with Crippen LogP contribution in [-0.2, 0) is 13.0 Å². The summed E-state index contributed by atoms with van der Waals surface area (Å²) >= 11 is 0. The van der Waals surface area contributed by atoms with Gasteiger partial charge in [-0.3, -0.25) is 9.48 Å². The first-order valence-electron chi connectivity index (χ1n) is 5.11. The van der Waals surface area contributed by atoms with E-state index >= 15 is 0 Å². The highest BCUT2D eigenvalue weighted by atomic mass is 16.2. The minimum atomic E-state index is 0.00495. The maximum atomic E-state index is 11.8. The van der Waals surface area contributed by atoms with E-state index in [-0.39, 0.29) is 11.9 Å². The van der Waals surface area contributed by atoms with Gasteiger partial charge in [-0.1, -0.05) is 0 Å². The molecule has 1 atom stereocenters. The highest BCUT2D eigenvalue weighted by Gasteiger charge is 2.23. The van der Waals surface area contributed by atoms with Crippen LogP contribution in [0, 0.1) is 0 Å². The van der Waals surface area contributed by atoms with E-state index in [0.717, 1.165) is 25.1 Å². The molecule has 1 aliphatic heterocycles. The molecule has 1 aromatic heterocycles. The number of carbonyl (C=O) groups is 1. The lowest BCUT2D eigenvalue weighted by atomic mass is 10.0. The minimum absolute atomic E-state index is 0.00495. The summed E-state index contributed by atoms with van der Waals surface area (Å²) in [6, 6.07) is 0.155. The zero-order valence-corrected chi connectivity index (χ0v) is 9.10. The van der Waals surface area contributed by atoms with Crippen LogP contribution in [0.1, 0.15) is 22.5 Å². The zero-order valence-electron chi connectivity index (χ0n) is 9.10. The second kappa shape index (κ2) is 3.66. The molecule has 1 amide bonds. The first kappa shape index (κ1) is 10.2. The molecule has 0 fully saturated rings. The van der Waals surface area contributed by atoms with Gasteiger partial charge in [0.1, 0.15) is 0 Å². The average molecular weight is 208 g/mol. The van der Waals surface area contributed by atoms with Crippen molar-refractivity contribution in [3.8, 4) is 0 Å². The first-order chi connectivity index (χ1) is 7.09. The van der Waals surface area contributed by atoms with Gasteiger partial charge >= 0.3 is 0 Å². The number of nitrogens with two attached hydrogens (primary N) is 1. The molecule has 5 nitrogen and oxygen atoms in total. The number of aryl methyl sites for hydroxylation is 1. The number of hydrogen-bond donors (Lipinski definition) is 1. The molecule has 2 heterocycles. The third kappa shape index (κ3) is 1.74. The van der Waals surface area contributed by atoms with Gasteiger partial charge in [-0.15, -0.1) is 0 Å². The Morgan fingerprint density at radius 3 is 3.07 bits per heavy atom. The van der Waals surface area contributed by atoms with Gasteiger partial charge in [0, 0.05) is 33.1 Å². The molecule has 15 heavy (non-hydrogen) atoms. The van der Waals surface area contributed by atoms with Gasteiger partial charge in [0.2, 0.25) is 0 Å². The van der Waals surface area contributed by atoms with Crippen LogP contribution in [0.3, 0.4) is 0 Å². The summed E-state index contributed by atoms with van der Waals surface area (Å²) < 4.78 is 1.89. The molecule has 0 saturated heterocycles. The monoisotopic (exact) mass is 208 g/mol. The van der Waals surface area contributed by atoms with E-state index in [1.807, 2.05) is 4.68 Å². The molecule has 1 aromatic rings. The van der Waals surface area contributed by atoms with Gasteiger partial charge in [-0.25, -0.2) is 0 Å². The fourth-order valence-corrected chi connectivity index (χ4v) is 1.88. The fourth-order valence-electron chi connectivity index (χ4n) is 1.88. The van der Waals surface area contributed by atoms with E-state index < -0.39 is 0 Å². The van der Waals surface area contributed by atoms with Crippen molar-refractivity contribution in [1.29, 1.82) is 0 Å². The van der Waals surface area contributed by atoms with Gasteiger partial charge < -0.3 is 10.6 Å². The molecule has 0 saturated carbocycles. The first-order valence-corrected chi connectivity index (χ1v) is 5.11. The predicted octanol–water partition coefficient (Wildman–Crippen LogP) is -0.142. The summed E-state index contributed by atoms with van der Waals surface area (Å²) in [5, 5.41) is 4.21. The number of rotatable bonds is 1. The number of aromatic nitrogens is 2. The van der Waals surface area contributed by atoms with Crippen molar-refractivity contribution < 1.29 is 4.79 Å². The number of fused-ring (bicyclic) bond motifs is 1. The van der Waals surface area contributed by atoms with E-state index in [4.69, 9.17) is 5.73 Å². The molecular weight excluding hydrogens is 192 g/mol. The van der Waals surface area contributed by atoms with Gasteiger partial charge in [0.25, 0.3) is 5.91 Å². The van der Waals surface area contributed by atoms with Crippen molar-refractivity contribution in [3.63, 3.8) is 0 Å². The maximum Gasteiger partial charge on any atom is 0.256 e. The van der Waals surface area contributed by atoms with Crippen molar-refractivity contribution in [2.45, 2.75) is 25.4 Å². The SMILES string of the molecule is CN(C)C(=O)c1cnn2c1CC(N)CC2. The van der Waals surface area contributed by atoms with Crippen LogP contribution in [0.15, 0.2) is 6.20 Å². The molecule has 2 rings (SSSR count). The average Bonchev–Trinajstić information content (AvgIpc) is 2.59. The van der Waals surface area contributed by atoms with E-state index in [1.54, 1.807) is 25.2 Å². The normalized spacial score (nSPS) is 19.8. The summed E-state index contributed by atoms with van der Waals surface area (Å²) in [7, 11) is 3.49. The third-order valence-corrected chi connectivity index (χ3v) is 2.75. The summed E-state index contributed by atoms with van der Waals surface area (Å²) in [6.07, 6.45) is 3.33. The molecule has 0 aromatic carbocycles. The minimum Gasteiger partial charge on any atom is -0.345 e. The number of hydrogen-bond acceptors (Lipinski definition) is 3. The van der Waals surface area contributed by atoms with Crippen molar-refractivity contribution in [1.82, 2.24) is 14.7 Å². The molecule has 0 radical (unpaired) electrons. The Hall–Kier alpha value is -1.36. The van der Waals surface area contributed by atoms with E-state index in [0.29, 0.717) is 5.56 Å². The van der Waals surface area contributed by atoms with Crippen LogP contribution in [0.4, 0.5) is 0 Å². The van der Waals surface area contributed by atoms with Crippen LogP contribution in [0.5, 0.6) is 0 Å². The molecule has 1 aliphatic rings. The Kier molecular flexibility index (Phi) is 2.48. The third-order valence-electron chi connectivity index (χ3n) is 2.75. The predicted molar refractivity (Wildman–Crippen MR) is 56.5 cm³/mol. The standard InChI is InChI=1S/C10H16N4O/c1-13(2)10(15)8-6-12-14-4-3-7(11)5-9(8)14/h6-7H,3-5,11H2,1-2H3. The van der Waals surface area contributed by atoms with Crippen molar-refractivity contribution in [2.24, 2.45) is 5.73 Å². The summed E-state index contributed by atoms with van der Waals surface area (Å²) in [5.41, 5.74) is 7.56. The molecule has 0 bridgehead atoms. The summed E-state index contributed by atoms with van der Waals surface area (Å²) in [5.74, 6) is 0.00495.